The predicted molar refractivity (Wildman–Crippen MR) is 142 cm³/mol. The van der Waals surface area contributed by atoms with Crippen LogP contribution in [-0.2, 0) is 11.2 Å². The van der Waals surface area contributed by atoms with Crippen LogP contribution in [0.5, 0.6) is 11.5 Å². The standard InChI is InChI=1S/C30H44N2O3/c1-5-6-7-8-23-18-27(33)30(26-17-22(4)9-12-25(26)21(2)3)28(19-23)35-29(34)20-31-13-15-32(16-14-31)24-10-11-24/h17-19,24-26,33H,2,5-16,20H2,1,3-4H3/t25-,26+/m0/s1. The number of aryl methyl sites for hydroxylation is 1. The van der Waals surface area contributed by atoms with E-state index in [1.54, 1.807) is 0 Å². The zero-order chi connectivity index (χ0) is 24.9. The third-order valence-corrected chi connectivity index (χ3v) is 8.01. The Labute approximate surface area is 211 Å². The molecule has 1 aliphatic heterocycles. The Kier molecular flexibility index (Phi) is 8.72. The lowest BCUT2D eigenvalue weighted by Gasteiger charge is -2.34. The Hall–Kier alpha value is -2.11. The molecular weight excluding hydrogens is 436 g/mol. The summed E-state index contributed by atoms with van der Waals surface area (Å²) in [6, 6.07) is 4.66. The highest BCUT2D eigenvalue weighted by molar-refractivity contribution is 5.75. The summed E-state index contributed by atoms with van der Waals surface area (Å²) in [4.78, 5) is 17.9. The number of nitrogens with zero attached hydrogens (tertiary/aromatic N) is 2. The molecule has 0 radical (unpaired) electrons. The first-order valence-electron chi connectivity index (χ1n) is 13.7. The summed E-state index contributed by atoms with van der Waals surface area (Å²) in [6.45, 7) is 14.8. The highest BCUT2D eigenvalue weighted by atomic mass is 16.5. The van der Waals surface area contributed by atoms with Crippen LogP contribution in [0, 0.1) is 5.92 Å². The van der Waals surface area contributed by atoms with Gasteiger partial charge in [-0.3, -0.25) is 14.6 Å². The number of benzene rings is 1. The van der Waals surface area contributed by atoms with Gasteiger partial charge in [0.05, 0.1) is 6.54 Å². The van der Waals surface area contributed by atoms with Crippen molar-refractivity contribution in [1.29, 1.82) is 0 Å². The van der Waals surface area contributed by atoms with Gasteiger partial charge in [-0.2, -0.15) is 0 Å². The molecule has 0 spiro atoms. The molecule has 1 saturated carbocycles. The van der Waals surface area contributed by atoms with Crippen LogP contribution < -0.4 is 4.74 Å². The molecule has 192 valence electrons. The maximum Gasteiger partial charge on any atom is 0.325 e. The van der Waals surface area contributed by atoms with Crippen molar-refractivity contribution >= 4 is 5.97 Å². The quantitative estimate of drug-likeness (QED) is 0.198. The molecule has 4 rings (SSSR count). The van der Waals surface area contributed by atoms with Crippen molar-refractivity contribution in [2.24, 2.45) is 5.92 Å². The molecule has 0 amide bonds. The molecule has 1 heterocycles. The number of aromatic hydroxyl groups is 1. The summed E-state index contributed by atoms with van der Waals surface area (Å²) in [7, 11) is 0. The summed E-state index contributed by atoms with van der Waals surface area (Å²) < 4.78 is 6.07. The fourth-order valence-electron chi connectivity index (χ4n) is 5.78. The number of carbonyl (C=O) groups is 1. The van der Waals surface area contributed by atoms with Crippen molar-refractivity contribution in [2.45, 2.75) is 84.1 Å². The predicted octanol–water partition coefficient (Wildman–Crippen LogP) is 5.83. The highest BCUT2D eigenvalue weighted by Crippen LogP contribution is 2.47. The van der Waals surface area contributed by atoms with Gasteiger partial charge in [0.2, 0.25) is 0 Å². The number of esters is 1. The highest BCUT2D eigenvalue weighted by Gasteiger charge is 2.33. The molecule has 1 aromatic rings. The van der Waals surface area contributed by atoms with Crippen LogP contribution in [0.3, 0.4) is 0 Å². The van der Waals surface area contributed by atoms with Crippen LogP contribution >= 0.6 is 0 Å². The minimum Gasteiger partial charge on any atom is -0.507 e. The van der Waals surface area contributed by atoms with E-state index in [0.29, 0.717) is 12.3 Å². The van der Waals surface area contributed by atoms with E-state index >= 15 is 0 Å². The third-order valence-electron chi connectivity index (χ3n) is 8.01. The maximum atomic E-state index is 13.1. The Morgan fingerprint density at radius 3 is 2.54 bits per heavy atom. The van der Waals surface area contributed by atoms with Crippen molar-refractivity contribution in [2.75, 3.05) is 32.7 Å². The molecule has 3 aliphatic rings. The second kappa shape index (κ2) is 11.7. The summed E-state index contributed by atoms with van der Waals surface area (Å²) in [5.74, 6) is 0.723. The van der Waals surface area contributed by atoms with Gasteiger partial charge in [-0.1, -0.05) is 43.6 Å². The lowest BCUT2D eigenvalue weighted by molar-refractivity contribution is -0.136. The number of carbonyl (C=O) groups excluding carboxylic acids is 1. The van der Waals surface area contributed by atoms with Crippen molar-refractivity contribution < 1.29 is 14.6 Å². The molecule has 1 saturated heterocycles. The molecule has 35 heavy (non-hydrogen) atoms. The van der Waals surface area contributed by atoms with Gasteiger partial charge in [-0.25, -0.2) is 0 Å². The SMILES string of the molecule is C=C(C)[C@@H]1CCC(C)=C[C@H]1c1c(O)cc(CCCCC)cc1OC(=O)CN1CCN(C2CC2)CC1. The van der Waals surface area contributed by atoms with Gasteiger partial charge in [0.25, 0.3) is 0 Å². The van der Waals surface area contributed by atoms with E-state index in [1.807, 2.05) is 12.1 Å². The minimum absolute atomic E-state index is 0.0316. The van der Waals surface area contributed by atoms with E-state index in [9.17, 15) is 9.90 Å². The normalized spacial score (nSPS) is 23.7. The van der Waals surface area contributed by atoms with E-state index in [4.69, 9.17) is 4.74 Å². The number of phenolic OH excluding ortho intramolecular Hbond substituents is 1. The van der Waals surface area contributed by atoms with Crippen LogP contribution in [-0.4, -0.2) is 59.6 Å². The Bertz CT molecular complexity index is 941. The second-order valence-corrected chi connectivity index (χ2v) is 11.0. The number of ether oxygens (including phenoxy) is 1. The molecule has 5 nitrogen and oxygen atoms in total. The number of phenols is 1. The van der Waals surface area contributed by atoms with Crippen molar-refractivity contribution in [1.82, 2.24) is 9.80 Å². The molecule has 2 aliphatic carbocycles. The van der Waals surface area contributed by atoms with Crippen LogP contribution in [0.4, 0.5) is 0 Å². The lowest BCUT2D eigenvalue weighted by Crippen LogP contribution is -2.49. The average molecular weight is 481 g/mol. The molecule has 0 bridgehead atoms. The van der Waals surface area contributed by atoms with Gasteiger partial charge in [0.15, 0.2) is 0 Å². The van der Waals surface area contributed by atoms with Crippen molar-refractivity contribution in [3.8, 4) is 11.5 Å². The number of hydrogen-bond donors (Lipinski definition) is 1. The molecular formula is C30H44N2O3. The zero-order valence-electron chi connectivity index (χ0n) is 22.0. The molecule has 0 unspecified atom stereocenters. The van der Waals surface area contributed by atoms with Gasteiger partial charge >= 0.3 is 5.97 Å². The summed E-state index contributed by atoms with van der Waals surface area (Å²) >= 11 is 0. The van der Waals surface area contributed by atoms with Crippen LogP contribution in [0.1, 0.15) is 82.8 Å². The van der Waals surface area contributed by atoms with E-state index in [-0.39, 0.29) is 23.6 Å². The summed E-state index contributed by atoms with van der Waals surface area (Å²) in [5, 5.41) is 11.2. The summed E-state index contributed by atoms with van der Waals surface area (Å²) in [6.07, 6.45) is 11.1. The average Bonchev–Trinajstić information content (AvgIpc) is 3.65. The Morgan fingerprint density at radius 2 is 1.89 bits per heavy atom. The molecule has 0 aromatic heterocycles. The van der Waals surface area contributed by atoms with Gasteiger partial charge in [-0.05, 0) is 76.0 Å². The van der Waals surface area contributed by atoms with Gasteiger partial charge in [-0.15, -0.1) is 0 Å². The lowest BCUT2D eigenvalue weighted by atomic mass is 9.73. The van der Waals surface area contributed by atoms with Gasteiger partial charge in [0.1, 0.15) is 11.5 Å². The Balaban J connectivity index is 1.54. The molecule has 5 heteroatoms. The van der Waals surface area contributed by atoms with E-state index < -0.39 is 0 Å². The van der Waals surface area contributed by atoms with Crippen LogP contribution in [0.15, 0.2) is 35.9 Å². The smallest absolute Gasteiger partial charge is 0.325 e. The number of rotatable bonds is 10. The van der Waals surface area contributed by atoms with Crippen molar-refractivity contribution in [3.63, 3.8) is 0 Å². The molecule has 2 atom stereocenters. The third kappa shape index (κ3) is 6.77. The number of hydrogen-bond acceptors (Lipinski definition) is 5. The maximum absolute atomic E-state index is 13.1. The van der Waals surface area contributed by atoms with E-state index in [2.05, 4.69) is 43.2 Å². The molecule has 1 N–H and O–H groups in total. The first-order chi connectivity index (χ1) is 16.9. The van der Waals surface area contributed by atoms with E-state index in [1.165, 1.54) is 18.4 Å². The fraction of sp³-hybridized carbons (Fsp3) is 0.633. The largest absolute Gasteiger partial charge is 0.507 e. The Morgan fingerprint density at radius 1 is 1.14 bits per heavy atom. The fourth-order valence-corrected chi connectivity index (χ4v) is 5.78. The van der Waals surface area contributed by atoms with Gasteiger partial charge < -0.3 is 9.84 Å². The minimum atomic E-state index is -0.236. The van der Waals surface area contributed by atoms with Crippen molar-refractivity contribution in [3.05, 3.63) is 47.1 Å². The molecule has 2 fully saturated rings. The van der Waals surface area contributed by atoms with Gasteiger partial charge in [0, 0.05) is 43.7 Å². The summed E-state index contributed by atoms with van der Waals surface area (Å²) in [5.41, 5.74) is 4.19. The van der Waals surface area contributed by atoms with Crippen LogP contribution in [0.2, 0.25) is 0 Å². The monoisotopic (exact) mass is 480 g/mol. The van der Waals surface area contributed by atoms with Crippen LogP contribution in [0.25, 0.3) is 0 Å². The number of piperazine rings is 1. The van der Waals surface area contributed by atoms with E-state index in [0.717, 1.165) is 87.4 Å². The number of allylic oxidation sites excluding steroid dienone is 3. The first-order valence-corrected chi connectivity index (χ1v) is 13.7. The molecule has 1 aromatic carbocycles. The first kappa shape index (κ1) is 26.0. The second-order valence-electron chi connectivity index (χ2n) is 11.0. The topological polar surface area (TPSA) is 53.0 Å². The zero-order valence-corrected chi connectivity index (χ0v) is 22.0. The number of unbranched alkanes of at least 4 members (excludes halogenated alkanes) is 2.